The third kappa shape index (κ3) is 3.78. The number of carbonyl (C=O) groups is 1. The Bertz CT molecular complexity index is 479. The first-order valence-corrected chi connectivity index (χ1v) is 7.17. The van der Waals surface area contributed by atoms with Gasteiger partial charge in [0.05, 0.1) is 6.10 Å². The van der Waals surface area contributed by atoms with Crippen LogP contribution in [0.5, 0.6) is 0 Å². The molecule has 0 saturated carbocycles. The van der Waals surface area contributed by atoms with Crippen LogP contribution in [0.3, 0.4) is 0 Å². The molecule has 2 atom stereocenters. The lowest BCUT2D eigenvalue weighted by molar-refractivity contribution is -0.142. The van der Waals surface area contributed by atoms with E-state index in [0.717, 1.165) is 17.6 Å². The molecule has 1 aromatic rings. The number of morpholine rings is 1. The molecule has 2 rings (SSSR count). The number of nitrogens with zero attached hydrogens (tertiary/aromatic N) is 1. The first kappa shape index (κ1) is 14.5. The van der Waals surface area contributed by atoms with Gasteiger partial charge in [0.15, 0.2) is 0 Å². The van der Waals surface area contributed by atoms with Gasteiger partial charge in [0.1, 0.15) is 6.10 Å². The number of hydrogen-bond donors (Lipinski definition) is 1. The fourth-order valence-electron chi connectivity index (χ4n) is 2.39. The van der Waals surface area contributed by atoms with Gasteiger partial charge in [-0.15, -0.1) is 0 Å². The summed E-state index contributed by atoms with van der Waals surface area (Å²) in [7, 11) is 0. The van der Waals surface area contributed by atoms with Crippen LogP contribution in [0.25, 0.3) is 0 Å². The Morgan fingerprint density at radius 1 is 1.53 bits per heavy atom. The number of primary amides is 1. The second kappa shape index (κ2) is 6.03. The maximum absolute atomic E-state index is 11.3. The summed E-state index contributed by atoms with van der Waals surface area (Å²) in [5.41, 5.74) is 7.78. The lowest BCUT2D eigenvalue weighted by atomic mass is 10.1. The predicted molar refractivity (Wildman–Crippen MR) is 77.7 cm³/mol. The summed E-state index contributed by atoms with van der Waals surface area (Å²) in [6, 6.07) is 6.31. The summed E-state index contributed by atoms with van der Waals surface area (Å²) in [5, 5.41) is 0. The number of halogens is 1. The number of carbonyl (C=O) groups excluding carboxylic acids is 1. The topological polar surface area (TPSA) is 55.6 Å². The Kier molecular flexibility index (Phi) is 4.60. The first-order chi connectivity index (χ1) is 8.95. The van der Waals surface area contributed by atoms with Crippen LogP contribution in [0.4, 0.5) is 0 Å². The van der Waals surface area contributed by atoms with Crippen LogP contribution in [0.15, 0.2) is 22.7 Å². The minimum absolute atomic E-state index is 0.0304. The quantitative estimate of drug-likeness (QED) is 0.922. The van der Waals surface area contributed by atoms with Crippen LogP contribution in [0.1, 0.15) is 18.1 Å². The van der Waals surface area contributed by atoms with Gasteiger partial charge in [-0.2, -0.15) is 0 Å². The average molecular weight is 327 g/mol. The minimum atomic E-state index is -0.500. The number of ether oxygens (including phenoxy) is 1. The van der Waals surface area contributed by atoms with Crippen LogP contribution >= 0.6 is 15.9 Å². The summed E-state index contributed by atoms with van der Waals surface area (Å²) in [4.78, 5) is 13.5. The zero-order chi connectivity index (χ0) is 14.0. The van der Waals surface area contributed by atoms with Crippen molar-refractivity contribution >= 4 is 21.8 Å². The molecule has 0 bridgehead atoms. The largest absolute Gasteiger partial charge is 0.367 e. The molecular formula is C14H19BrN2O2. The van der Waals surface area contributed by atoms with E-state index in [1.54, 1.807) is 0 Å². The molecule has 1 fully saturated rings. The fourth-order valence-corrected chi connectivity index (χ4v) is 2.64. The Morgan fingerprint density at radius 3 is 2.89 bits per heavy atom. The maximum Gasteiger partial charge on any atom is 0.247 e. The van der Waals surface area contributed by atoms with Gasteiger partial charge < -0.3 is 10.5 Å². The molecule has 1 aliphatic rings. The van der Waals surface area contributed by atoms with Crippen molar-refractivity contribution in [2.45, 2.75) is 32.6 Å². The van der Waals surface area contributed by atoms with E-state index in [0.29, 0.717) is 6.54 Å². The predicted octanol–water partition coefficient (Wildman–Crippen LogP) is 1.83. The highest BCUT2D eigenvalue weighted by atomic mass is 79.9. The number of hydrogen-bond acceptors (Lipinski definition) is 3. The molecule has 0 aliphatic carbocycles. The normalized spacial score (nSPS) is 24.4. The summed E-state index contributed by atoms with van der Waals surface area (Å²) >= 11 is 3.50. The Hall–Kier alpha value is -0.910. The van der Waals surface area contributed by atoms with Crippen LogP contribution in [0, 0.1) is 6.92 Å². The van der Waals surface area contributed by atoms with Crippen molar-refractivity contribution in [3.05, 3.63) is 33.8 Å². The van der Waals surface area contributed by atoms with E-state index in [4.69, 9.17) is 10.5 Å². The zero-order valence-corrected chi connectivity index (χ0v) is 12.8. The van der Waals surface area contributed by atoms with Gasteiger partial charge >= 0.3 is 0 Å². The molecule has 4 nitrogen and oxygen atoms in total. The summed E-state index contributed by atoms with van der Waals surface area (Å²) in [6.45, 7) is 6.23. The zero-order valence-electron chi connectivity index (χ0n) is 11.2. The van der Waals surface area contributed by atoms with Gasteiger partial charge in [-0.05, 0) is 31.0 Å². The molecule has 5 heteroatoms. The van der Waals surface area contributed by atoms with E-state index in [-0.39, 0.29) is 12.0 Å². The van der Waals surface area contributed by atoms with E-state index in [1.165, 1.54) is 11.1 Å². The highest BCUT2D eigenvalue weighted by Crippen LogP contribution is 2.20. The second-order valence-electron chi connectivity index (χ2n) is 5.12. The highest BCUT2D eigenvalue weighted by Gasteiger charge is 2.28. The molecule has 19 heavy (non-hydrogen) atoms. The van der Waals surface area contributed by atoms with Crippen molar-refractivity contribution in [3.63, 3.8) is 0 Å². The number of rotatable bonds is 3. The van der Waals surface area contributed by atoms with Crippen molar-refractivity contribution in [1.29, 1.82) is 0 Å². The van der Waals surface area contributed by atoms with E-state index in [2.05, 4.69) is 46.0 Å². The van der Waals surface area contributed by atoms with E-state index < -0.39 is 6.10 Å². The summed E-state index contributed by atoms with van der Waals surface area (Å²) in [5.74, 6) is -0.386. The molecule has 0 spiro atoms. The molecule has 1 aliphatic heterocycles. The molecule has 0 aromatic heterocycles. The van der Waals surface area contributed by atoms with Crippen molar-refractivity contribution in [2.75, 3.05) is 13.1 Å². The van der Waals surface area contributed by atoms with Gasteiger partial charge in [-0.1, -0.05) is 28.1 Å². The van der Waals surface area contributed by atoms with Crippen LogP contribution in [0.2, 0.25) is 0 Å². The first-order valence-electron chi connectivity index (χ1n) is 6.38. The number of amides is 1. The summed E-state index contributed by atoms with van der Waals surface area (Å²) < 4.78 is 6.65. The average Bonchev–Trinajstić information content (AvgIpc) is 2.33. The van der Waals surface area contributed by atoms with Crippen LogP contribution in [-0.2, 0) is 16.1 Å². The van der Waals surface area contributed by atoms with Crippen molar-refractivity contribution in [2.24, 2.45) is 5.73 Å². The molecule has 104 valence electrons. The van der Waals surface area contributed by atoms with Gasteiger partial charge in [0, 0.05) is 24.1 Å². The number of benzene rings is 1. The van der Waals surface area contributed by atoms with Crippen molar-refractivity contribution in [3.8, 4) is 0 Å². The molecule has 1 heterocycles. The maximum atomic E-state index is 11.3. The lowest BCUT2D eigenvalue weighted by Crippen LogP contribution is -2.51. The van der Waals surface area contributed by atoms with Crippen molar-refractivity contribution in [1.82, 2.24) is 4.90 Å². The van der Waals surface area contributed by atoms with Gasteiger partial charge in [0.2, 0.25) is 5.91 Å². The van der Waals surface area contributed by atoms with Crippen molar-refractivity contribution < 1.29 is 9.53 Å². The monoisotopic (exact) mass is 326 g/mol. The standard InChI is InChI=1S/C14H19BrN2O2/c1-9-5-11(3-4-12(9)15)7-17-6-10(2)19-13(8-17)14(16)18/h3-5,10,13H,6-8H2,1-2H3,(H2,16,18)/t10-,13?/m1/s1. The third-order valence-electron chi connectivity index (χ3n) is 3.28. The summed E-state index contributed by atoms with van der Waals surface area (Å²) in [6.07, 6.45) is -0.469. The molecule has 1 aromatic carbocycles. The van der Waals surface area contributed by atoms with E-state index in [9.17, 15) is 4.79 Å². The Morgan fingerprint density at radius 2 is 2.26 bits per heavy atom. The molecule has 1 amide bonds. The fraction of sp³-hybridized carbons (Fsp3) is 0.500. The second-order valence-corrected chi connectivity index (χ2v) is 5.97. The van der Waals surface area contributed by atoms with E-state index in [1.807, 2.05) is 6.92 Å². The molecule has 1 unspecified atom stereocenters. The smallest absolute Gasteiger partial charge is 0.247 e. The SMILES string of the molecule is Cc1cc(CN2CC(C(N)=O)O[C@H](C)C2)ccc1Br. The minimum Gasteiger partial charge on any atom is -0.367 e. The third-order valence-corrected chi connectivity index (χ3v) is 4.17. The number of aryl methyl sites for hydroxylation is 1. The molecular weight excluding hydrogens is 308 g/mol. The van der Waals surface area contributed by atoms with E-state index >= 15 is 0 Å². The lowest BCUT2D eigenvalue weighted by Gasteiger charge is -2.35. The molecule has 0 radical (unpaired) electrons. The number of nitrogens with two attached hydrogens (primary N) is 1. The van der Waals surface area contributed by atoms with Crippen LogP contribution in [-0.4, -0.2) is 36.1 Å². The van der Waals surface area contributed by atoms with Gasteiger partial charge in [-0.3, -0.25) is 9.69 Å². The van der Waals surface area contributed by atoms with Gasteiger partial charge in [0.25, 0.3) is 0 Å². The Labute approximate surface area is 122 Å². The highest BCUT2D eigenvalue weighted by molar-refractivity contribution is 9.10. The Balaban J connectivity index is 2.05. The molecule has 1 saturated heterocycles. The van der Waals surface area contributed by atoms with Crippen LogP contribution < -0.4 is 5.73 Å². The van der Waals surface area contributed by atoms with Gasteiger partial charge in [-0.25, -0.2) is 0 Å². The molecule has 2 N–H and O–H groups in total.